The summed E-state index contributed by atoms with van der Waals surface area (Å²) in [7, 11) is 0. The van der Waals surface area contributed by atoms with E-state index in [1.54, 1.807) is 6.20 Å². The van der Waals surface area contributed by atoms with E-state index in [9.17, 15) is 5.11 Å². The molecule has 2 rings (SSSR count). The number of benzene rings is 1. The number of hydrogen-bond acceptors (Lipinski definition) is 3. The van der Waals surface area contributed by atoms with Crippen LogP contribution in [0.25, 0.3) is 10.8 Å². The van der Waals surface area contributed by atoms with E-state index in [0.717, 1.165) is 35.8 Å². The fraction of sp³-hybridized carbons (Fsp3) is 0.500. The van der Waals surface area contributed by atoms with Crippen molar-refractivity contribution < 1.29 is 5.11 Å². The van der Waals surface area contributed by atoms with Crippen molar-refractivity contribution in [1.82, 2.24) is 9.88 Å². The van der Waals surface area contributed by atoms with Gasteiger partial charge in [-0.05, 0) is 43.5 Å². The average molecular weight is 286 g/mol. The van der Waals surface area contributed by atoms with E-state index in [2.05, 4.69) is 37.6 Å². The van der Waals surface area contributed by atoms with Gasteiger partial charge in [-0.2, -0.15) is 0 Å². The van der Waals surface area contributed by atoms with Crippen molar-refractivity contribution in [3.8, 4) is 0 Å². The number of hydrogen-bond donors (Lipinski definition) is 1. The molecule has 0 aliphatic rings. The molecular formula is C18H26N2O. The smallest absolute Gasteiger partial charge is 0.0976 e. The molecule has 0 amide bonds. The van der Waals surface area contributed by atoms with Gasteiger partial charge in [0.15, 0.2) is 0 Å². The van der Waals surface area contributed by atoms with Crippen LogP contribution in [0.3, 0.4) is 0 Å². The second-order valence-electron chi connectivity index (χ2n) is 5.73. The van der Waals surface area contributed by atoms with Crippen molar-refractivity contribution in [2.75, 3.05) is 13.1 Å². The normalized spacial score (nSPS) is 16.1. The molecule has 0 fully saturated rings. The van der Waals surface area contributed by atoms with Crippen LogP contribution in [0.5, 0.6) is 0 Å². The van der Waals surface area contributed by atoms with Crippen LogP contribution in [-0.4, -0.2) is 33.6 Å². The number of likely N-dealkylation sites (N-methyl/N-ethyl adjacent to an activating group) is 1. The first-order valence-corrected chi connectivity index (χ1v) is 7.84. The lowest BCUT2D eigenvalue weighted by molar-refractivity contribution is -0.0206. The summed E-state index contributed by atoms with van der Waals surface area (Å²) in [5.41, 5.74) is 0.729. The van der Waals surface area contributed by atoms with Crippen molar-refractivity contribution >= 4 is 10.8 Å². The van der Waals surface area contributed by atoms with Gasteiger partial charge < -0.3 is 5.11 Å². The maximum atomic E-state index is 11.1. The Hall–Kier alpha value is -1.45. The molecule has 21 heavy (non-hydrogen) atoms. The third-order valence-electron chi connectivity index (χ3n) is 4.80. The molecule has 0 bridgehead atoms. The number of aromatic nitrogens is 1. The third kappa shape index (κ3) is 2.81. The van der Waals surface area contributed by atoms with Gasteiger partial charge in [-0.25, -0.2) is 0 Å². The van der Waals surface area contributed by atoms with Crippen LogP contribution in [0.1, 0.15) is 45.8 Å². The van der Waals surface area contributed by atoms with Gasteiger partial charge in [-0.3, -0.25) is 9.88 Å². The van der Waals surface area contributed by atoms with Gasteiger partial charge in [0.2, 0.25) is 0 Å². The van der Waals surface area contributed by atoms with Crippen LogP contribution < -0.4 is 0 Å². The molecule has 114 valence electrons. The number of nitrogens with zero attached hydrogens (tertiary/aromatic N) is 2. The zero-order chi connectivity index (χ0) is 15.5. The van der Waals surface area contributed by atoms with E-state index >= 15 is 0 Å². The first kappa shape index (κ1) is 15.9. The molecule has 0 aliphatic carbocycles. The Bertz CT molecular complexity index is 589. The largest absolute Gasteiger partial charge is 0.386 e. The molecule has 1 aromatic heterocycles. The van der Waals surface area contributed by atoms with Gasteiger partial charge in [0.05, 0.1) is 6.10 Å². The van der Waals surface area contributed by atoms with Gasteiger partial charge in [-0.1, -0.05) is 39.0 Å². The maximum Gasteiger partial charge on any atom is 0.0976 e. The zero-order valence-corrected chi connectivity index (χ0v) is 13.5. The number of aliphatic hydroxyl groups excluding tert-OH is 1. The fourth-order valence-corrected chi connectivity index (χ4v) is 3.26. The highest BCUT2D eigenvalue weighted by atomic mass is 16.3. The van der Waals surface area contributed by atoms with Gasteiger partial charge in [-0.15, -0.1) is 0 Å². The number of rotatable bonds is 6. The molecule has 2 aromatic rings. The van der Waals surface area contributed by atoms with Crippen LogP contribution in [0.2, 0.25) is 0 Å². The van der Waals surface area contributed by atoms with Gasteiger partial charge in [0, 0.05) is 23.3 Å². The molecule has 1 N–H and O–H groups in total. The van der Waals surface area contributed by atoms with E-state index in [1.165, 1.54) is 0 Å². The highest BCUT2D eigenvalue weighted by Gasteiger charge is 2.37. The maximum absolute atomic E-state index is 11.1. The quantitative estimate of drug-likeness (QED) is 0.878. The molecule has 0 radical (unpaired) electrons. The van der Waals surface area contributed by atoms with E-state index in [-0.39, 0.29) is 5.54 Å². The molecule has 0 aliphatic heterocycles. The topological polar surface area (TPSA) is 36.4 Å². The Labute approximate surface area is 127 Å². The van der Waals surface area contributed by atoms with Gasteiger partial charge >= 0.3 is 0 Å². The summed E-state index contributed by atoms with van der Waals surface area (Å²) in [6, 6.07) is 8.07. The second kappa shape index (κ2) is 6.54. The van der Waals surface area contributed by atoms with Crippen LogP contribution in [0.4, 0.5) is 0 Å². The molecule has 0 spiro atoms. The lowest BCUT2D eigenvalue weighted by Gasteiger charge is -2.43. The highest BCUT2D eigenvalue weighted by molar-refractivity contribution is 5.85. The summed E-state index contributed by atoms with van der Waals surface area (Å²) in [6.45, 7) is 10.5. The molecule has 3 heteroatoms. The van der Waals surface area contributed by atoms with Crippen molar-refractivity contribution in [3.63, 3.8) is 0 Å². The van der Waals surface area contributed by atoms with Crippen LogP contribution in [0, 0.1) is 0 Å². The molecule has 3 nitrogen and oxygen atoms in total. The zero-order valence-electron chi connectivity index (χ0n) is 13.5. The molecule has 0 saturated heterocycles. The highest BCUT2D eigenvalue weighted by Crippen LogP contribution is 2.36. The predicted molar refractivity (Wildman–Crippen MR) is 88.3 cm³/mol. The first-order valence-electron chi connectivity index (χ1n) is 7.84. The summed E-state index contributed by atoms with van der Waals surface area (Å²) in [4.78, 5) is 6.52. The predicted octanol–water partition coefficient (Wildman–Crippen LogP) is 3.78. The monoisotopic (exact) mass is 286 g/mol. The summed E-state index contributed by atoms with van der Waals surface area (Å²) >= 11 is 0. The SMILES string of the molecule is CCN(CC)C(C)(CC)C(O)c1cccc2cnccc12. The van der Waals surface area contributed by atoms with Crippen molar-refractivity contribution in [2.24, 2.45) is 0 Å². The van der Waals surface area contributed by atoms with Gasteiger partial charge in [0.25, 0.3) is 0 Å². The molecule has 0 saturated carbocycles. The van der Waals surface area contributed by atoms with Crippen LogP contribution >= 0.6 is 0 Å². The molecule has 1 heterocycles. The van der Waals surface area contributed by atoms with Gasteiger partial charge in [0.1, 0.15) is 0 Å². The van der Waals surface area contributed by atoms with Crippen molar-refractivity contribution in [3.05, 3.63) is 42.2 Å². The lowest BCUT2D eigenvalue weighted by atomic mass is 9.83. The van der Waals surface area contributed by atoms with E-state index < -0.39 is 6.10 Å². The Balaban J connectivity index is 2.52. The Morgan fingerprint density at radius 2 is 1.90 bits per heavy atom. The van der Waals surface area contributed by atoms with E-state index in [1.807, 2.05) is 30.5 Å². The van der Waals surface area contributed by atoms with E-state index in [0.29, 0.717) is 0 Å². The summed E-state index contributed by atoms with van der Waals surface area (Å²) < 4.78 is 0. The Morgan fingerprint density at radius 3 is 2.52 bits per heavy atom. The number of pyridine rings is 1. The summed E-state index contributed by atoms with van der Waals surface area (Å²) in [5, 5.41) is 13.3. The average Bonchev–Trinajstić information content (AvgIpc) is 2.54. The minimum atomic E-state index is -0.520. The minimum Gasteiger partial charge on any atom is -0.386 e. The van der Waals surface area contributed by atoms with E-state index in [4.69, 9.17) is 0 Å². The lowest BCUT2D eigenvalue weighted by Crippen LogP contribution is -2.50. The molecule has 1 aromatic carbocycles. The molecule has 2 unspecified atom stereocenters. The third-order valence-corrected chi connectivity index (χ3v) is 4.80. The number of fused-ring (bicyclic) bond motifs is 1. The minimum absolute atomic E-state index is 0.263. The van der Waals surface area contributed by atoms with Crippen molar-refractivity contribution in [2.45, 2.75) is 45.8 Å². The van der Waals surface area contributed by atoms with Crippen LogP contribution in [-0.2, 0) is 0 Å². The standard InChI is InChI=1S/C18H26N2O/c1-5-18(4,20(6-2)7-3)17(21)16-10-8-9-14-13-19-12-11-15(14)16/h8-13,17,21H,5-7H2,1-4H3. The summed E-state index contributed by atoms with van der Waals surface area (Å²) in [6.07, 6.45) is 4.02. The fourth-order valence-electron chi connectivity index (χ4n) is 3.26. The number of aliphatic hydroxyl groups is 1. The Kier molecular flexibility index (Phi) is 4.96. The second-order valence-corrected chi connectivity index (χ2v) is 5.73. The first-order chi connectivity index (χ1) is 10.1. The van der Waals surface area contributed by atoms with Crippen molar-refractivity contribution in [1.29, 1.82) is 0 Å². The van der Waals surface area contributed by atoms with Crippen LogP contribution in [0.15, 0.2) is 36.7 Å². The molecule has 2 atom stereocenters. The summed E-state index contributed by atoms with van der Waals surface area (Å²) in [5.74, 6) is 0. The molecular weight excluding hydrogens is 260 g/mol. The Morgan fingerprint density at radius 1 is 1.19 bits per heavy atom.